The Morgan fingerprint density at radius 3 is 2.59 bits per heavy atom. The molecule has 3 aliphatic heterocycles. The van der Waals surface area contributed by atoms with Crippen LogP contribution < -0.4 is 5.73 Å². The van der Waals surface area contributed by atoms with Crippen molar-refractivity contribution >= 4 is 28.6 Å². The first-order valence-electron chi connectivity index (χ1n) is 11.2. The first-order chi connectivity index (χ1) is 15.6. The molecule has 0 radical (unpaired) electrons. The summed E-state index contributed by atoms with van der Waals surface area (Å²) in [5, 5.41) is 12.1. The van der Waals surface area contributed by atoms with Crippen LogP contribution in [-0.4, -0.2) is 70.4 Å². The molecule has 11 heteroatoms. The van der Waals surface area contributed by atoms with Crippen LogP contribution in [0.3, 0.4) is 0 Å². The second-order valence-corrected chi connectivity index (χ2v) is 8.77. The predicted molar refractivity (Wildman–Crippen MR) is 115 cm³/mol. The highest BCUT2D eigenvalue weighted by atomic mass is 35.5. The number of rotatable bonds is 6. The van der Waals surface area contributed by atoms with E-state index in [4.69, 9.17) is 41.0 Å². The van der Waals surface area contributed by atoms with Crippen molar-refractivity contribution in [2.45, 2.75) is 75.6 Å². The molecule has 5 heterocycles. The first kappa shape index (κ1) is 22.3. The summed E-state index contributed by atoms with van der Waals surface area (Å²) in [6, 6.07) is 1.77. The Hall–Kier alpha value is -1.53. The Morgan fingerprint density at radius 1 is 1.12 bits per heavy atom. The number of aromatic nitrogens is 3. The number of aliphatic hydroxyl groups excluding tert-OH is 1. The van der Waals surface area contributed by atoms with Crippen LogP contribution in [0.5, 0.6) is 0 Å². The van der Waals surface area contributed by atoms with Crippen molar-refractivity contribution in [3.8, 4) is 0 Å². The lowest BCUT2D eigenvalue weighted by atomic mass is 10.1. The van der Waals surface area contributed by atoms with E-state index in [1.807, 2.05) is 0 Å². The van der Waals surface area contributed by atoms with Gasteiger partial charge in [-0.25, -0.2) is 4.98 Å². The summed E-state index contributed by atoms with van der Waals surface area (Å²) in [6.45, 7) is 1.56. The van der Waals surface area contributed by atoms with Crippen LogP contribution in [0, 0.1) is 0 Å². The highest BCUT2D eigenvalue weighted by Crippen LogP contribution is 2.36. The third-order valence-electron chi connectivity index (χ3n) is 6.16. The molecule has 2 aromatic heterocycles. The average molecular weight is 469 g/mol. The molecule has 0 aliphatic carbocycles. The Balaban J connectivity index is 1.37. The number of nitrogens with zero attached hydrogens (tertiary/aromatic N) is 3. The fourth-order valence-corrected chi connectivity index (χ4v) is 4.74. The lowest BCUT2D eigenvalue weighted by Gasteiger charge is -2.30. The number of anilines is 1. The summed E-state index contributed by atoms with van der Waals surface area (Å²) in [4.78, 5) is 8.29. The molecule has 0 amide bonds. The molecule has 3 saturated heterocycles. The van der Waals surface area contributed by atoms with Crippen molar-refractivity contribution in [1.29, 1.82) is 0 Å². The maximum absolute atomic E-state index is 11.2. The van der Waals surface area contributed by atoms with E-state index in [9.17, 15) is 5.11 Å². The predicted octanol–water partition coefficient (Wildman–Crippen LogP) is 2.38. The van der Waals surface area contributed by atoms with Gasteiger partial charge in [-0.2, -0.15) is 4.98 Å². The van der Waals surface area contributed by atoms with Crippen LogP contribution in [0.15, 0.2) is 12.3 Å². The minimum atomic E-state index is -0.980. The Kier molecular flexibility index (Phi) is 6.79. The number of aliphatic hydroxyl groups is 1. The number of nitrogen functional groups attached to an aromatic ring is 1. The number of ether oxygens (including phenoxy) is 5. The van der Waals surface area contributed by atoms with Crippen LogP contribution in [-0.2, 0) is 23.7 Å². The fraction of sp³-hybridized carbons (Fsp3) is 0.714. The summed E-state index contributed by atoms with van der Waals surface area (Å²) in [5.74, 6) is 0.0488. The van der Waals surface area contributed by atoms with E-state index in [2.05, 4.69) is 9.97 Å². The molecule has 176 valence electrons. The molecule has 0 spiro atoms. The number of hydrogen-bond donors (Lipinski definition) is 2. The summed E-state index contributed by atoms with van der Waals surface area (Å²) < 4.78 is 31.5. The van der Waals surface area contributed by atoms with Crippen LogP contribution >= 0.6 is 11.6 Å². The minimum absolute atomic E-state index is 0.0488. The third kappa shape index (κ3) is 4.58. The normalized spacial score (nSPS) is 33.7. The average Bonchev–Trinajstić information content (AvgIpc) is 3.35. The maximum Gasteiger partial charge on any atom is 0.223 e. The van der Waals surface area contributed by atoms with E-state index < -0.39 is 24.5 Å². The quantitative estimate of drug-likeness (QED) is 0.615. The number of fused-ring (bicyclic) bond motifs is 1. The lowest BCUT2D eigenvalue weighted by molar-refractivity contribution is -0.223. The number of halogens is 1. The highest BCUT2D eigenvalue weighted by Gasteiger charge is 2.47. The molecule has 3 N–H and O–H groups in total. The SMILES string of the molecule is Nc1nc(Cl)c2ccn(C3O[C@H](COC4CCCCO4)[C@@H](OC4CCCCO4)[C@@H]3O)c2n1. The van der Waals surface area contributed by atoms with Crippen LogP contribution in [0.1, 0.15) is 44.8 Å². The molecule has 3 aliphatic rings. The van der Waals surface area contributed by atoms with Gasteiger partial charge in [-0.15, -0.1) is 0 Å². The second-order valence-electron chi connectivity index (χ2n) is 8.41. The van der Waals surface area contributed by atoms with Gasteiger partial charge in [0.1, 0.15) is 29.1 Å². The summed E-state index contributed by atoms with van der Waals surface area (Å²) >= 11 is 6.22. The van der Waals surface area contributed by atoms with E-state index >= 15 is 0 Å². The van der Waals surface area contributed by atoms with Gasteiger partial charge in [0.25, 0.3) is 0 Å². The van der Waals surface area contributed by atoms with Gasteiger partial charge < -0.3 is 39.1 Å². The first-order valence-corrected chi connectivity index (χ1v) is 11.6. The minimum Gasteiger partial charge on any atom is -0.386 e. The van der Waals surface area contributed by atoms with Crippen molar-refractivity contribution < 1.29 is 28.8 Å². The van der Waals surface area contributed by atoms with Crippen molar-refractivity contribution in [2.24, 2.45) is 0 Å². The Morgan fingerprint density at radius 2 is 1.88 bits per heavy atom. The Labute approximate surface area is 190 Å². The third-order valence-corrected chi connectivity index (χ3v) is 6.45. The van der Waals surface area contributed by atoms with Crippen molar-refractivity contribution in [2.75, 3.05) is 25.6 Å². The number of hydrogen-bond acceptors (Lipinski definition) is 9. The van der Waals surface area contributed by atoms with Crippen LogP contribution in [0.25, 0.3) is 11.0 Å². The molecule has 0 aromatic carbocycles. The fourth-order valence-electron chi connectivity index (χ4n) is 4.51. The van der Waals surface area contributed by atoms with Crippen molar-refractivity contribution in [1.82, 2.24) is 14.5 Å². The molecule has 2 aromatic rings. The molecular formula is C21H29ClN4O6. The van der Waals surface area contributed by atoms with E-state index in [0.29, 0.717) is 24.2 Å². The molecule has 10 nitrogen and oxygen atoms in total. The smallest absolute Gasteiger partial charge is 0.223 e. The molecular weight excluding hydrogens is 440 g/mol. The van der Waals surface area contributed by atoms with Crippen LogP contribution in [0.2, 0.25) is 5.15 Å². The topological polar surface area (TPSA) is 123 Å². The largest absolute Gasteiger partial charge is 0.386 e. The zero-order chi connectivity index (χ0) is 22.1. The summed E-state index contributed by atoms with van der Waals surface area (Å²) in [5.41, 5.74) is 6.28. The van der Waals surface area contributed by atoms with Gasteiger partial charge in [0.05, 0.1) is 12.0 Å². The zero-order valence-electron chi connectivity index (χ0n) is 17.8. The van der Waals surface area contributed by atoms with Gasteiger partial charge in [-0.05, 0) is 44.6 Å². The standard InChI is InChI=1S/C21H29ClN4O6/c22-18-12-7-8-26(19(12)25-21(23)24-18)20-16(27)17(32-15-6-2-4-10-29-15)13(31-20)11-30-14-5-1-3-9-28-14/h7-8,13-17,20,27H,1-6,9-11H2,(H2,23,24,25)/t13-,14?,15?,16+,17-,20?/m1/s1. The highest BCUT2D eigenvalue weighted by molar-refractivity contribution is 6.34. The second kappa shape index (κ2) is 9.76. The Bertz CT molecular complexity index is 917. The molecule has 3 fully saturated rings. The van der Waals surface area contributed by atoms with Crippen LogP contribution in [0.4, 0.5) is 5.95 Å². The van der Waals surface area contributed by atoms with Crippen molar-refractivity contribution in [3.05, 3.63) is 17.4 Å². The van der Waals surface area contributed by atoms with Gasteiger partial charge in [-0.3, -0.25) is 0 Å². The molecule has 3 unspecified atom stereocenters. The van der Waals surface area contributed by atoms with Gasteiger partial charge in [0.15, 0.2) is 18.8 Å². The van der Waals surface area contributed by atoms with E-state index in [1.54, 1.807) is 16.8 Å². The van der Waals surface area contributed by atoms with Gasteiger partial charge in [0, 0.05) is 19.4 Å². The molecule has 0 saturated carbocycles. The zero-order valence-corrected chi connectivity index (χ0v) is 18.5. The monoisotopic (exact) mass is 468 g/mol. The van der Waals surface area contributed by atoms with E-state index in [-0.39, 0.29) is 30.3 Å². The van der Waals surface area contributed by atoms with E-state index in [1.165, 1.54) is 0 Å². The molecule has 6 atom stereocenters. The van der Waals surface area contributed by atoms with Gasteiger partial charge >= 0.3 is 0 Å². The molecule has 32 heavy (non-hydrogen) atoms. The summed E-state index contributed by atoms with van der Waals surface area (Å²) in [7, 11) is 0. The summed E-state index contributed by atoms with van der Waals surface area (Å²) in [6.07, 6.45) is 3.96. The van der Waals surface area contributed by atoms with Gasteiger partial charge in [-0.1, -0.05) is 11.6 Å². The maximum atomic E-state index is 11.2. The molecule has 5 rings (SSSR count). The number of nitrogens with two attached hydrogens (primary N) is 1. The van der Waals surface area contributed by atoms with Crippen molar-refractivity contribution in [3.63, 3.8) is 0 Å². The van der Waals surface area contributed by atoms with Gasteiger partial charge in [0.2, 0.25) is 5.95 Å². The molecule has 0 bridgehead atoms. The lowest BCUT2D eigenvalue weighted by Crippen LogP contribution is -2.41. The van der Waals surface area contributed by atoms with E-state index in [0.717, 1.165) is 38.5 Å².